The van der Waals surface area contributed by atoms with Gasteiger partial charge in [0.15, 0.2) is 0 Å². The molecule has 1 aromatic carbocycles. The van der Waals surface area contributed by atoms with Crippen molar-refractivity contribution < 1.29 is 13.6 Å². The van der Waals surface area contributed by atoms with Crippen LogP contribution in [0.25, 0.3) is 0 Å². The molecule has 0 atom stereocenters. The summed E-state index contributed by atoms with van der Waals surface area (Å²) in [6.07, 6.45) is 1.94. The average molecular weight is 268 g/mol. The number of likely N-dealkylation sites (tertiary alicyclic amines) is 1. The molecule has 1 fully saturated rings. The summed E-state index contributed by atoms with van der Waals surface area (Å²) in [6.45, 7) is 5.38. The van der Waals surface area contributed by atoms with Gasteiger partial charge in [0.2, 0.25) is 0 Å². The first-order chi connectivity index (χ1) is 8.80. The minimum Gasteiger partial charge on any atom is -0.394 e. The number of nitrogens with two attached hydrogens (primary N) is 1. The summed E-state index contributed by atoms with van der Waals surface area (Å²) in [5.74, 6) is -2.12. The maximum atomic E-state index is 13.4. The van der Waals surface area contributed by atoms with Crippen LogP contribution in [0.4, 0.5) is 14.5 Å². The van der Waals surface area contributed by atoms with Crippen molar-refractivity contribution in [2.75, 3.05) is 18.8 Å². The Morgan fingerprint density at radius 2 is 1.89 bits per heavy atom. The van der Waals surface area contributed by atoms with Crippen molar-refractivity contribution >= 4 is 11.6 Å². The number of piperidine rings is 1. The van der Waals surface area contributed by atoms with Crippen LogP contribution in [0.1, 0.15) is 37.0 Å². The normalized spacial score (nSPS) is 18.4. The van der Waals surface area contributed by atoms with Gasteiger partial charge in [-0.05, 0) is 30.4 Å². The number of hydrogen-bond donors (Lipinski definition) is 1. The lowest BCUT2D eigenvalue weighted by molar-refractivity contribution is 0.0582. The highest BCUT2D eigenvalue weighted by molar-refractivity contribution is 5.94. The fourth-order valence-electron chi connectivity index (χ4n) is 2.49. The number of amides is 1. The van der Waals surface area contributed by atoms with Gasteiger partial charge in [-0.3, -0.25) is 4.79 Å². The summed E-state index contributed by atoms with van der Waals surface area (Å²) in [6, 6.07) is 2.00. The van der Waals surface area contributed by atoms with Crippen LogP contribution >= 0.6 is 0 Å². The molecule has 1 amide bonds. The van der Waals surface area contributed by atoms with E-state index in [9.17, 15) is 13.6 Å². The molecule has 2 N–H and O–H groups in total. The molecule has 0 bridgehead atoms. The van der Waals surface area contributed by atoms with Crippen molar-refractivity contribution in [2.45, 2.75) is 26.7 Å². The van der Waals surface area contributed by atoms with E-state index in [1.807, 2.05) is 0 Å². The Labute approximate surface area is 111 Å². The van der Waals surface area contributed by atoms with Crippen LogP contribution in [-0.4, -0.2) is 23.9 Å². The highest BCUT2D eigenvalue weighted by Crippen LogP contribution is 2.29. The Bertz CT molecular complexity index is 491. The number of anilines is 1. The summed E-state index contributed by atoms with van der Waals surface area (Å²) < 4.78 is 26.8. The lowest BCUT2D eigenvalue weighted by Gasteiger charge is -2.38. The highest BCUT2D eigenvalue weighted by Gasteiger charge is 2.30. The number of halogens is 2. The predicted octanol–water partition coefficient (Wildman–Crippen LogP) is 2.81. The van der Waals surface area contributed by atoms with E-state index in [1.54, 1.807) is 4.90 Å². The van der Waals surface area contributed by atoms with Gasteiger partial charge in [-0.25, -0.2) is 8.78 Å². The first-order valence-corrected chi connectivity index (χ1v) is 6.34. The number of hydrogen-bond acceptors (Lipinski definition) is 2. The number of nitrogen functional groups attached to an aromatic ring is 1. The molecule has 1 aromatic rings. The third-order valence-corrected chi connectivity index (χ3v) is 3.51. The lowest BCUT2D eigenvalue weighted by atomic mass is 9.84. The first kappa shape index (κ1) is 13.8. The molecule has 3 nitrogen and oxygen atoms in total. The van der Waals surface area contributed by atoms with E-state index in [0.29, 0.717) is 13.1 Å². The smallest absolute Gasteiger partial charge is 0.254 e. The predicted molar refractivity (Wildman–Crippen MR) is 69.7 cm³/mol. The van der Waals surface area contributed by atoms with Crippen LogP contribution in [0.15, 0.2) is 12.1 Å². The van der Waals surface area contributed by atoms with Gasteiger partial charge >= 0.3 is 0 Å². The third kappa shape index (κ3) is 2.85. The fraction of sp³-hybridized carbons (Fsp3) is 0.500. The van der Waals surface area contributed by atoms with E-state index in [0.717, 1.165) is 25.0 Å². The van der Waals surface area contributed by atoms with Crippen LogP contribution in [-0.2, 0) is 0 Å². The lowest BCUT2D eigenvalue weighted by Crippen LogP contribution is -2.43. The van der Waals surface area contributed by atoms with Crippen molar-refractivity contribution in [1.82, 2.24) is 4.90 Å². The molecular formula is C14H18F2N2O. The Morgan fingerprint density at radius 1 is 1.32 bits per heavy atom. The second kappa shape index (κ2) is 4.79. The summed E-state index contributed by atoms with van der Waals surface area (Å²) in [5, 5.41) is 0. The Balaban J connectivity index is 2.25. The Hall–Kier alpha value is -1.65. The average Bonchev–Trinajstić information content (AvgIpc) is 2.33. The zero-order chi connectivity index (χ0) is 14.2. The van der Waals surface area contributed by atoms with E-state index in [-0.39, 0.29) is 16.9 Å². The molecule has 1 aliphatic heterocycles. The van der Waals surface area contributed by atoms with Gasteiger partial charge in [-0.1, -0.05) is 13.8 Å². The Kier molecular flexibility index (Phi) is 3.47. The molecule has 0 saturated carbocycles. The second-order valence-electron chi connectivity index (χ2n) is 5.85. The van der Waals surface area contributed by atoms with Crippen molar-refractivity contribution in [1.29, 1.82) is 0 Å². The molecule has 5 heteroatoms. The molecule has 0 aliphatic carbocycles. The number of nitrogens with zero attached hydrogens (tertiary/aromatic N) is 1. The Morgan fingerprint density at radius 3 is 2.42 bits per heavy atom. The summed E-state index contributed by atoms with van der Waals surface area (Å²) in [5.41, 5.74) is 4.71. The quantitative estimate of drug-likeness (QED) is 0.796. The van der Waals surface area contributed by atoms with Crippen molar-refractivity contribution in [2.24, 2.45) is 5.41 Å². The summed E-state index contributed by atoms with van der Waals surface area (Å²) in [7, 11) is 0. The van der Waals surface area contributed by atoms with E-state index in [1.165, 1.54) is 0 Å². The fourth-order valence-corrected chi connectivity index (χ4v) is 2.49. The monoisotopic (exact) mass is 268 g/mol. The zero-order valence-electron chi connectivity index (χ0n) is 11.2. The number of rotatable bonds is 1. The van der Waals surface area contributed by atoms with Gasteiger partial charge in [0.05, 0.1) is 0 Å². The largest absolute Gasteiger partial charge is 0.394 e. The van der Waals surface area contributed by atoms with Crippen molar-refractivity contribution in [3.05, 3.63) is 29.3 Å². The standard InChI is InChI=1S/C14H18F2N2O/c1-14(2)4-3-5-18(8-14)13(19)9-6-10(15)12(17)11(16)7-9/h6-7H,3-5,8,17H2,1-2H3. The molecule has 19 heavy (non-hydrogen) atoms. The van der Waals surface area contributed by atoms with Gasteiger partial charge in [0, 0.05) is 18.7 Å². The minimum atomic E-state index is -0.889. The van der Waals surface area contributed by atoms with Crippen LogP contribution in [0.5, 0.6) is 0 Å². The van der Waals surface area contributed by atoms with Crippen LogP contribution in [0.2, 0.25) is 0 Å². The molecule has 1 heterocycles. The SMILES string of the molecule is CC1(C)CCCN(C(=O)c2cc(F)c(N)c(F)c2)C1. The molecule has 0 radical (unpaired) electrons. The topological polar surface area (TPSA) is 46.3 Å². The summed E-state index contributed by atoms with van der Waals surface area (Å²) in [4.78, 5) is 13.9. The minimum absolute atomic E-state index is 0.0156. The second-order valence-corrected chi connectivity index (χ2v) is 5.85. The number of carbonyl (C=O) groups is 1. The van der Waals surface area contributed by atoms with Crippen molar-refractivity contribution in [3.63, 3.8) is 0 Å². The molecule has 0 spiro atoms. The molecule has 104 valence electrons. The van der Waals surface area contributed by atoms with Crippen LogP contribution in [0, 0.1) is 17.0 Å². The van der Waals surface area contributed by atoms with Gasteiger partial charge in [0.1, 0.15) is 17.3 Å². The van der Waals surface area contributed by atoms with E-state index in [2.05, 4.69) is 13.8 Å². The number of benzene rings is 1. The molecule has 0 aromatic heterocycles. The zero-order valence-corrected chi connectivity index (χ0v) is 11.2. The maximum Gasteiger partial charge on any atom is 0.254 e. The molecule has 0 unspecified atom stereocenters. The van der Waals surface area contributed by atoms with Gasteiger partial charge in [-0.2, -0.15) is 0 Å². The summed E-state index contributed by atoms with van der Waals surface area (Å²) >= 11 is 0. The van der Waals surface area contributed by atoms with E-state index >= 15 is 0 Å². The van der Waals surface area contributed by atoms with E-state index < -0.39 is 17.3 Å². The molecular weight excluding hydrogens is 250 g/mol. The molecule has 1 aliphatic rings. The molecule has 1 saturated heterocycles. The number of carbonyl (C=O) groups excluding carboxylic acids is 1. The van der Waals surface area contributed by atoms with Gasteiger partial charge < -0.3 is 10.6 Å². The van der Waals surface area contributed by atoms with Crippen LogP contribution < -0.4 is 5.73 Å². The molecule has 2 rings (SSSR count). The van der Waals surface area contributed by atoms with Gasteiger partial charge in [0.25, 0.3) is 5.91 Å². The van der Waals surface area contributed by atoms with Gasteiger partial charge in [-0.15, -0.1) is 0 Å². The van der Waals surface area contributed by atoms with Crippen molar-refractivity contribution in [3.8, 4) is 0 Å². The maximum absolute atomic E-state index is 13.4. The highest BCUT2D eigenvalue weighted by atomic mass is 19.1. The van der Waals surface area contributed by atoms with E-state index in [4.69, 9.17) is 5.73 Å². The van der Waals surface area contributed by atoms with Crippen LogP contribution in [0.3, 0.4) is 0 Å². The first-order valence-electron chi connectivity index (χ1n) is 6.34. The third-order valence-electron chi connectivity index (χ3n) is 3.51.